The SMILES string of the molecule is [2H]c1c([2H])c([2H])c(-c2nc(-c3ccc(-c4ccccc4)cc3)nc(-n3c4ccccc4c4c5c6ccccc6n(-c6ccccc6)c5ccc43)n2)c([2H])c1[2H]. The number of para-hydroxylation sites is 3. The van der Waals surface area contributed by atoms with E-state index < -0.39 is 18.1 Å². The highest BCUT2D eigenvalue weighted by Crippen LogP contribution is 2.42. The van der Waals surface area contributed by atoms with Gasteiger partial charge in [-0.2, -0.15) is 9.97 Å². The van der Waals surface area contributed by atoms with Crippen molar-refractivity contribution in [3.63, 3.8) is 0 Å². The van der Waals surface area contributed by atoms with Gasteiger partial charge in [0.05, 0.1) is 28.9 Å². The molecular weight excluding hydrogens is 611 g/mol. The summed E-state index contributed by atoms with van der Waals surface area (Å²) < 4.78 is 47.0. The van der Waals surface area contributed by atoms with E-state index in [1.807, 2.05) is 95.6 Å². The third-order valence-corrected chi connectivity index (χ3v) is 9.28. The van der Waals surface area contributed by atoms with E-state index in [9.17, 15) is 0 Å². The molecule has 10 aromatic rings. The van der Waals surface area contributed by atoms with Crippen molar-refractivity contribution in [3.05, 3.63) is 176 Å². The molecule has 50 heavy (non-hydrogen) atoms. The molecule has 3 heterocycles. The predicted molar refractivity (Wildman–Crippen MR) is 205 cm³/mol. The van der Waals surface area contributed by atoms with Crippen molar-refractivity contribution in [3.8, 4) is 45.5 Å². The van der Waals surface area contributed by atoms with Crippen LogP contribution in [0.4, 0.5) is 0 Å². The lowest BCUT2D eigenvalue weighted by molar-refractivity contribution is 0.953. The van der Waals surface area contributed by atoms with Crippen LogP contribution in [0.1, 0.15) is 6.85 Å². The van der Waals surface area contributed by atoms with Crippen LogP contribution < -0.4 is 0 Å². The van der Waals surface area contributed by atoms with Crippen LogP contribution in [0.3, 0.4) is 0 Å². The number of aromatic nitrogens is 5. The summed E-state index contributed by atoms with van der Waals surface area (Å²) in [6, 6.07) is 46.8. The summed E-state index contributed by atoms with van der Waals surface area (Å²) in [6.07, 6.45) is 0. The zero-order valence-corrected chi connectivity index (χ0v) is 26.6. The molecule has 0 radical (unpaired) electrons. The van der Waals surface area contributed by atoms with Gasteiger partial charge in [-0.1, -0.05) is 139 Å². The average molecular weight is 645 g/mol. The van der Waals surface area contributed by atoms with Crippen molar-refractivity contribution >= 4 is 43.6 Å². The summed E-state index contributed by atoms with van der Waals surface area (Å²) in [5.74, 6) is 0.548. The second kappa shape index (κ2) is 11.4. The Bertz CT molecular complexity index is 3110. The highest BCUT2D eigenvalue weighted by molar-refractivity contribution is 6.28. The molecule has 0 aliphatic carbocycles. The summed E-state index contributed by atoms with van der Waals surface area (Å²) in [4.78, 5) is 14.8. The first-order valence-corrected chi connectivity index (χ1v) is 16.4. The van der Waals surface area contributed by atoms with Gasteiger partial charge in [-0.25, -0.2) is 4.98 Å². The van der Waals surface area contributed by atoms with Crippen molar-refractivity contribution < 1.29 is 6.85 Å². The predicted octanol–water partition coefficient (Wildman–Crippen LogP) is 11.1. The molecule has 234 valence electrons. The molecule has 0 spiro atoms. The molecule has 0 amide bonds. The summed E-state index contributed by atoms with van der Waals surface area (Å²) in [7, 11) is 0. The minimum atomic E-state index is -0.481. The summed E-state index contributed by atoms with van der Waals surface area (Å²) in [6.45, 7) is 0. The Balaban J connectivity index is 1.28. The molecular formula is C45H29N5. The smallest absolute Gasteiger partial charge is 0.238 e. The van der Waals surface area contributed by atoms with Crippen LogP contribution in [-0.2, 0) is 0 Å². The first-order valence-electron chi connectivity index (χ1n) is 18.9. The minimum Gasteiger partial charge on any atom is -0.309 e. The van der Waals surface area contributed by atoms with Gasteiger partial charge in [-0.15, -0.1) is 0 Å². The third kappa shape index (κ3) is 4.45. The molecule has 0 fully saturated rings. The van der Waals surface area contributed by atoms with E-state index in [1.165, 1.54) is 0 Å². The van der Waals surface area contributed by atoms with E-state index in [0.717, 1.165) is 60.4 Å². The fraction of sp³-hybridized carbons (Fsp3) is 0. The maximum absolute atomic E-state index is 8.84. The molecule has 0 saturated carbocycles. The lowest BCUT2D eigenvalue weighted by Gasteiger charge is -2.11. The zero-order chi connectivity index (χ0) is 37.4. The molecule has 0 atom stereocenters. The second-order valence-corrected chi connectivity index (χ2v) is 12.1. The third-order valence-electron chi connectivity index (χ3n) is 9.28. The van der Waals surface area contributed by atoms with Gasteiger partial charge in [0.15, 0.2) is 11.6 Å². The molecule has 7 aromatic carbocycles. The van der Waals surface area contributed by atoms with Crippen molar-refractivity contribution in [2.75, 3.05) is 0 Å². The molecule has 5 nitrogen and oxygen atoms in total. The van der Waals surface area contributed by atoms with Crippen LogP contribution in [-0.4, -0.2) is 24.1 Å². The monoisotopic (exact) mass is 644 g/mol. The maximum Gasteiger partial charge on any atom is 0.238 e. The van der Waals surface area contributed by atoms with E-state index in [1.54, 1.807) is 0 Å². The first kappa shape index (κ1) is 23.5. The quantitative estimate of drug-likeness (QED) is 0.187. The van der Waals surface area contributed by atoms with Crippen molar-refractivity contribution in [1.82, 2.24) is 24.1 Å². The Morgan fingerprint density at radius 1 is 0.380 bits per heavy atom. The molecule has 3 aromatic heterocycles. The summed E-state index contributed by atoms with van der Waals surface area (Å²) in [5, 5.41) is 4.21. The number of nitrogens with zero attached hydrogens (tertiary/aromatic N) is 5. The van der Waals surface area contributed by atoms with Crippen LogP contribution in [0.2, 0.25) is 0 Å². The fourth-order valence-corrected chi connectivity index (χ4v) is 7.10. The highest BCUT2D eigenvalue weighted by Gasteiger charge is 2.22. The first-order chi connectivity index (χ1) is 26.9. The Hall–Kier alpha value is -6.85. The van der Waals surface area contributed by atoms with E-state index in [0.29, 0.717) is 11.4 Å². The number of fused-ring (bicyclic) bond motifs is 7. The fourth-order valence-electron chi connectivity index (χ4n) is 7.10. The van der Waals surface area contributed by atoms with Gasteiger partial charge < -0.3 is 4.57 Å². The van der Waals surface area contributed by atoms with Gasteiger partial charge in [0.2, 0.25) is 5.95 Å². The number of rotatable bonds is 5. The lowest BCUT2D eigenvalue weighted by Crippen LogP contribution is -2.06. The van der Waals surface area contributed by atoms with Crippen LogP contribution >= 0.6 is 0 Å². The minimum absolute atomic E-state index is 0.0168. The molecule has 5 heteroatoms. The van der Waals surface area contributed by atoms with Crippen molar-refractivity contribution in [2.45, 2.75) is 0 Å². The van der Waals surface area contributed by atoms with Crippen LogP contribution in [0.25, 0.3) is 89.2 Å². The highest BCUT2D eigenvalue weighted by atomic mass is 15.2. The Kier molecular flexibility index (Phi) is 5.35. The maximum atomic E-state index is 8.84. The number of hydrogen-bond acceptors (Lipinski definition) is 3. The molecule has 0 aliphatic rings. The normalized spacial score (nSPS) is 13.0. The zero-order valence-electron chi connectivity index (χ0n) is 31.6. The molecule has 0 unspecified atom stereocenters. The van der Waals surface area contributed by atoms with Crippen molar-refractivity contribution in [2.24, 2.45) is 0 Å². The molecule has 0 saturated heterocycles. The van der Waals surface area contributed by atoms with Gasteiger partial charge in [0.1, 0.15) is 0 Å². The van der Waals surface area contributed by atoms with E-state index in [4.69, 9.17) is 21.8 Å². The summed E-state index contributed by atoms with van der Waals surface area (Å²) >= 11 is 0. The Morgan fingerprint density at radius 2 is 0.880 bits per heavy atom. The summed E-state index contributed by atoms with van der Waals surface area (Å²) in [5.41, 5.74) is 7.58. The van der Waals surface area contributed by atoms with Crippen LogP contribution in [0.15, 0.2) is 176 Å². The van der Waals surface area contributed by atoms with Gasteiger partial charge >= 0.3 is 0 Å². The standard InChI is InChI=1S/C45H29N5/c1-4-14-30(15-5-1)31-24-26-33(27-25-31)44-46-43(32-16-6-2-7-17-32)47-45(48-44)50-38-23-13-11-21-36(38)42-40(50)29-28-39-41(42)35-20-10-12-22-37(35)49(39)34-18-8-3-9-19-34/h1-29H/i2D,6D,7D,16D,17D. The Morgan fingerprint density at radius 3 is 1.54 bits per heavy atom. The molecule has 0 aliphatic heterocycles. The second-order valence-electron chi connectivity index (χ2n) is 12.1. The van der Waals surface area contributed by atoms with Crippen molar-refractivity contribution in [1.29, 1.82) is 0 Å². The molecule has 0 bridgehead atoms. The van der Waals surface area contributed by atoms with Crippen LogP contribution in [0.5, 0.6) is 0 Å². The van der Waals surface area contributed by atoms with Crippen LogP contribution in [0, 0.1) is 0 Å². The largest absolute Gasteiger partial charge is 0.309 e. The number of benzene rings is 7. The van der Waals surface area contributed by atoms with Gasteiger partial charge in [-0.05, 0) is 47.5 Å². The van der Waals surface area contributed by atoms with Gasteiger partial charge in [-0.3, -0.25) is 4.57 Å². The van der Waals surface area contributed by atoms with E-state index in [-0.39, 0.29) is 29.4 Å². The number of hydrogen-bond donors (Lipinski definition) is 0. The van der Waals surface area contributed by atoms with Gasteiger partial charge in [0, 0.05) is 38.4 Å². The average Bonchev–Trinajstić information content (AvgIpc) is 3.76. The lowest BCUT2D eigenvalue weighted by atomic mass is 10.0. The topological polar surface area (TPSA) is 48.5 Å². The molecule has 0 N–H and O–H groups in total. The Labute approximate surface area is 295 Å². The van der Waals surface area contributed by atoms with E-state index in [2.05, 4.69) is 59.2 Å². The molecule has 10 rings (SSSR count). The van der Waals surface area contributed by atoms with E-state index >= 15 is 0 Å². The van der Waals surface area contributed by atoms with Gasteiger partial charge in [0.25, 0.3) is 0 Å².